The minimum absolute atomic E-state index is 0.220. The van der Waals surface area contributed by atoms with Gasteiger partial charge in [0.2, 0.25) is 0 Å². The molecule has 1 aromatic carbocycles. The Morgan fingerprint density at radius 2 is 1.95 bits per heavy atom. The van der Waals surface area contributed by atoms with E-state index in [0.717, 1.165) is 31.0 Å². The van der Waals surface area contributed by atoms with Gasteiger partial charge in [-0.15, -0.1) is 0 Å². The van der Waals surface area contributed by atoms with Crippen molar-refractivity contribution in [3.8, 4) is 5.75 Å². The third kappa shape index (κ3) is 4.70. The van der Waals surface area contributed by atoms with Crippen molar-refractivity contribution in [1.29, 1.82) is 0 Å². The van der Waals surface area contributed by atoms with Crippen molar-refractivity contribution >= 4 is 0 Å². The third-order valence-corrected chi connectivity index (χ3v) is 2.95. The summed E-state index contributed by atoms with van der Waals surface area (Å²) in [5.41, 5.74) is 2.39. The second-order valence-corrected chi connectivity index (χ2v) is 5.22. The van der Waals surface area contributed by atoms with Crippen molar-refractivity contribution in [2.24, 2.45) is 7.05 Å². The number of ether oxygens (including phenoxy) is 1. The summed E-state index contributed by atoms with van der Waals surface area (Å²) in [6.07, 6.45) is 3.15. The fourth-order valence-electron chi connectivity index (χ4n) is 2.00. The first-order valence-electron chi connectivity index (χ1n) is 7.08. The smallest absolute Gasteiger partial charge is 0.119 e. The number of aryl methyl sites for hydroxylation is 1. The van der Waals surface area contributed by atoms with Crippen LogP contribution in [0.15, 0.2) is 36.5 Å². The fourth-order valence-corrected chi connectivity index (χ4v) is 2.00. The van der Waals surface area contributed by atoms with Crippen molar-refractivity contribution in [2.75, 3.05) is 6.54 Å². The lowest BCUT2D eigenvalue weighted by Crippen LogP contribution is -2.17. The van der Waals surface area contributed by atoms with E-state index in [-0.39, 0.29) is 6.10 Å². The highest BCUT2D eigenvalue weighted by Crippen LogP contribution is 2.13. The number of nitrogens with one attached hydrogen (secondary N) is 1. The minimum atomic E-state index is 0.220. The van der Waals surface area contributed by atoms with E-state index in [1.165, 1.54) is 5.56 Å². The molecule has 108 valence electrons. The van der Waals surface area contributed by atoms with Crippen molar-refractivity contribution in [3.05, 3.63) is 47.8 Å². The van der Waals surface area contributed by atoms with Crippen LogP contribution in [0, 0.1) is 0 Å². The molecule has 2 rings (SSSR count). The summed E-state index contributed by atoms with van der Waals surface area (Å²) >= 11 is 0. The molecule has 0 spiro atoms. The van der Waals surface area contributed by atoms with Gasteiger partial charge in [0.25, 0.3) is 0 Å². The molecule has 0 saturated carbocycles. The highest BCUT2D eigenvalue weighted by molar-refractivity contribution is 5.27. The van der Waals surface area contributed by atoms with Crippen LogP contribution in [0.25, 0.3) is 0 Å². The number of aromatic nitrogens is 2. The number of nitrogens with zero attached hydrogens (tertiary/aromatic N) is 2. The second kappa shape index (κ2) is 7.10. The summed E-state index contributed by atoms with van der Waals surface area (Å²) in [6, 6.07) is 10.3. The van der Waals surface area contributed by atoms with Crippen LogP contribution in [-0.2, 0) is 20.0 Å². The van der Waals surface area contributed by atoms with Crippen molar-refractivity contribution in [2.45, 2.75) is 32.9 Å². The molecule has 20 heavy (non-hydrogen) atoms. The van der Waals surface area contributed by atoms with Crippen LogP contribution in [0.2, 0.25) is 0 Å². The molecule has 0 amide bonds. The zero-order chi connectivity index (χ0) is 14.4. The minimum Gasteiger partial charge on any atom is -0.491 e. The Labute approximate surface area is 120 Å². The van der Waals surface area contributed by atoms with Crippen LogP contribution in [0.3, 0.4) is 0 Å². The maximum absolute atomic E-state index is 5.62. The predicted molar refractivity (Wildman–Crippen MR) is 80.8 cm³/mol. The largest absolute Gasteiger partial charge is 0.491 e. The Hall–Kier alpha value is -1.81. The van der Waals surface area contributed by atoms with Crippen molar-refractivity contribution in [1.82, 2.24) is 15.1 Å². The number of hydrogen-bond donors (Lipinski definition) is 1. The number of hydrogen-bond acceptors (Lipinski definition) is 3. The first kappa shape index (κ1) is 14.6. The molecule has 4 nitrogen and oxygen atoms in total. The standard InChI is InChI=1S/C16H23N3O/c1-13(2)20-16-6-4-14(5-7-16)12-17-10-8-15-9-11-19(3)18-15/h4-7,9,11,13,17H,8,10,12H2,1-3H3. The van der Waals surface area contributed by atoms with E-state index in [1.54, 1.807) is 0 Å². The van der Waals surface area contributed by atoms with Crippen LogP contribution in [0.5, 0.6) is 5.75 Å². The molecule has 1 aromatic heterocycles. The van der Waals surface area contributed by atoms with Crippen molar-refractivity contribution < 1.29 is 4.74 Å². The van der Waals surface area contributed by atoms with E-state index < -0.39 is 0 Å². The molecule has 0 aliphatic heterocycles. The predicted octanol–water partition coefficient (Wildman–Crippen LogP) is 2.54. The maximum Gasteiger partial charge on any atom is 0.119 e. The van der Waals surface area contributed by atoms with Gasteiger partial charge in [-0.25, -0.2) is 0 Å². The lowest BCUT2D eigenvalue weighted by Gasteiger charge is -2.10. The molecule has 0 aliphatic carbocycles. The molecule has 0 aliphatic rings. The first-order chi connectivity index (χ1) is 9.63. The van der Waals surface area contributed by atoms with E-state index in [2.05, 4.69) is 28.6 Å². The van der Waals surface area contributed by atoms with Crippen LogP contribution in [-0.4, -0.2) is 22.4 Å². The van der Waals surface area contributed by atoms with E-state index >= 15 is 0 Å². The molecule has 1 N–H and O–H groups in total. The quantitative estimate of drug-likeness (QED) is 0.788. The Morgan fingerprint density at radius 1 is 1.20 bits per heavy atom. The first-order valence-corrected chi connectivity index (χ1v) is 7.08. The summed E-state index contributed by atoms with van der Waals surface area (Å²) in [5.74, 6) is 0.928. The fraction of sp³-hybridized carbons (Fsp3) is 0.438. The van der Waals surface area contributed by atoms with Crippen LogP contribution in [0.4, 0.5) is 0 Å². The van der Waals surface area contributed by atoms with Gasteiger partial charge in [-0.3, -0.25) is 4.68 Å². The molecule has 0 bridgehead atoms. The van der Waals surface area contributed by atoms with Gasteiger partial charge in [-0.1, -0.05) is 12.1 Å². The Kier molecular flexibility index (Phi) is 5.18. The average molecular weight is 273 g/mol. The van der Waals surface area contributed by atoms with Crippen LogP contribution in [0.1, 0.15) is 25.1 Å². The van der Waals surface area contributed by atoms with E-state index in [1.807, 2.05) is 43.9 Å². The number of rotatable bonds is 7. The molecular weight excluding hydrogens is 250 g/mol. The van der Waals surface area contributed by atoms with Gasteiger partial charge in [0.15, 0.2) is 0 Å². The lowest BCUT2D eigenvalue weighted by molar-refractivity contribution is 0.242. The van der Waals surface area contributed by atoms with Gasteiger partial charge < -0.3 is 10.1 Å². The molecular formula is C16H23N3O. The number of benzene rings is 1. The highest BCUT2D eigenvalue weighted by atomic mass is 16.5. The normalized spacial score (nSPS) is 11.0. The van der Waals surface area contributed by atoms with Crippen LogP contribution < -0.4 is 10.1 Å². The monoisotopic (exact) mass is 273 g/mol. The molecule has 0 fully saturated rings. The SMILES string of the molecule is CC(C)Oc1ccc(CNCCc2ccn(C)n2)cc1. The van der Waals surface area contributed by atoms with Gasteiger partial charge in [-0.05, 0) is 37.6 Å². The molecule has 4 heteroatoms. The van der Waals surface area contributed by atoms with E-state index in [0.29, 0.717) is 0 Å². The summed E-state index contributed by atoms with van der Waals surface area (Å²) in [6.45, 7) is 5.87. The van der Waals surface area contributed by atoms with Gasteiger partial charge in [0.05, 0.1) is 11.8 Å². The van der Waals surface area contributed by atoms with Gasteiger partial charge in [-0.2, -0.15) is 5.10 Å². The maximum atomic E-state index is 5.62. The molecule has 0 atom stereocenters. The molecule has 2 aromatic rings. The van der Waals surface area contributed by atoms with E-state index in [4.69, 9.17) is 4.74 Å². The van der Waals surface area contributed by atoms with Gasteiger partial charge >= 0.3 is 0 Å². The van der Waals surface area contributed by atoms with Crippen LogP contribution >= 0.6 is 0 Å². The topological polar surface area (TPSA) is 39.1 Å². The molecule has 0 saturated heterocycles. The summed E-state index contributed by atoms with van der Waals surface area (Å²) in [7, 11) is 1.94. The average Bonchev–Trinajstić information content (AvgIpc) is 2.82. The van der Waals surface area contributed by atoms with Gasteiger partial charge in [0.1, 0.15) is 5.75 Å². The third-order valence-electron chi connectivity index (χ3n) is 2.95. The molecule has 1 heterocycles. The summed E-state index contributed by atoms with van der Waals surface area (Å²) in [5, 5.41) is 7.78. The Balaban J connectivity index is 1.71. The lowest BCUT2D eigenvalue weighted by atomic mass is 10.2. The van der Waals surface area contributed by atoms with Gasteiger partial charge in [0, 0.05) is 32.8 Å². The second-order valence-electron chi connectivity index (χ2n) is 5.22. The molecule has 0 radical (unpaired) electrons. The summed E-state index contributed by atoms with van der Waals surface area (Å²) in [4.78, 5) is 0. The Bertz CT molecular complexity index is 517. The van der Waals surface area contributed by atoms with Crippen molar-refractivity contribution in [3.63, 3.8) is 0 Å². The molecule has 0 unspecified atom stereocenters. The highest BCUT2D eigenvalue weighted by Gasteiger charge is 1.99. The Morgan fingerprint density at radius 3 is 2.55 bits per heavy atom. The summed E-state index contributed by atoms with van der Waals surface area (Å²) < 4.78 is 7.46. The zero-order valence-electron chi connectivity index (χ0n) is 12.5. The zero-order valence-corrected chi connectivity index (χ0v) is 12.5. The van der Waals surface area contributed by atoms with E-state index in [9.17, 15) is 0 Å².